The van der Waals surface area contributed by atoms with E-state index in [0.717, 1.165) is 37.0 Å². The number of fused-ring (bicyclic) bond motifs is 1. The summed E-state index contributed by atoms with van der Waals surface area (Å²) in [4.78, 5) is 13.4. The molecule has 1 saturated carbocycles. The Balaban J connectivity index is 1.64. The number of imidazole rings is 1. The van der Waals surface area contributed by atoms with Gasteiger partial charge in [0.05, 0.1) is 23.1 Å². The Labute approximate surface area is 145 Å². The molecule has 0 spiro atoms. The molecule has 1 aliphatic rings. The second-order valence-electron chi connectivity index (χ2n) is 6.22. The van der Waals surface area contributed by atoms with Gasteiger partial charge in [0.15, 0.2) is 0 Å². The van der Waals surface area contributed by atoms with E-state index < -0.39 is 0 Å². The average Bonchev–Trinajstić information content (AvgIpc) is 3.03. The lowest BCUT2D eigenvalue weighted by Crippen LogP contribution is -2.33. The molecule has 0 bridgehead atoms. The van der Waals surface area contributed by atoms with Gasteiger partial charge in [0.1, 0.15) is 11.3 Å². The minimum atomic E-state index is 0.322. The summed E-state index contributed by atoms with van der Waals surface area (Å²) < 4.78 is 1.97. The zero-order valence-corrected chi connectivity index (χ0v) is 13.9. The van der Waals surface area contributed by atoms with Crippen molar-refractivity contribution in [1.82, 2.24) is 19.4 Å². The standard InChI is InChI=1S/C17H19ClN6/c18-13-9-21-17(22-12-6-4-11(19)5-7-12)23-16(13)14-10-20-15-3-1-2-8-24(14)15/h1-3,8-12H,4-7,19H2,(H,21,22,23). The third-order valence-electron chi connectivity index (χ3n) is 4.51. The minimum Gasteiger partial charge on any atom is -0.351 e. The Morgan fingerprint density at radius 2 is 1.96 bits per heavy atom. The fourth-order valence-corrected chi connectivity index (χ4v) is 3.36. The number of halogens is 1. The van der Waals surface area contributed by atoms with Crippen LogP contribution in [0.2, 0.25) is 5.02 Å². The van der Waals surface area contributed by atoms with Crippen LogP contribution in [0.5, 0.6) is 0 Å². The van der Waals surface area contributed by atoms with E-state index in [2.05, 4.69) is 20.3 Å². The van der Waals surface area contributed by atoms with Crippen LogP contribution in [0.15, 0.2) is 36.8 Å². The number of pyridine rings is 1. The summed E-state index contributed by atoms with van der Waals surface area (Å²) in [6, 6.07) is 6.54. The van der Waals surface area contributed by atoms with Crippen molar-refractivity contribution in [2.45, 2.75) is 37.8 Å². The highest BCUT2D eigenvalue weighted by Gasteiger charge is 2.20. The van der Waals surface area contributed by atoms with Crippen LogP contribution in [0.3, 0.4) is 0 Å². The Morgan fingerprint density at radius 3 is 2.79 bits per heavy atom. The molecule has 6 nitrogen and oxygen atoms in total. The highest BCUT2D eigenvalue weighted by molar-refractivity contribution is 6.32. The zero-order valence-electron chi connectivity index (χ0n) is 13.2. The molecule has 24 heavy (non-hydrogen) atoms. The molecule has 0 aliphatic heterocycles. The van der Waals surface area contributed by atoms with Gasteiger partial charge in [0.25, 0.3) is 0 Å². The van der Waals surface area contributed by atoms with Crippen LogP contribution >= 0.6 is 11.6 Å². The number of nitrogens with one attached hydrogen (secondary N) is 1. The van der Waals surface area contributed by atoms with Crippen molar-refractivity contribution in [3.63, 3.8) is 0 Å². The van der Waals surface area contributed by atoms with Crippen LogP contribution in [0.4, 0.5) is 5.95 Å². The van der Waals surface area contributed by atoms with Gasteiger partial charge in [0, 0.05) is 18.3 Å². The molecule has 3 aromatic rings. The maximum Gasteiger partial charge on any atom is 0.223 e. The molecule has 0 atom stereocenters. The molecule has 0 aromatic carbocycles. The summed E-state index contributed by atoms with van der Waals surface area (Å²) in [6.45, 7) is 0. The molecule has 0 saturated heterocycles. The van der Waals surface area contributed by atoms with Gasteiger partial charge in [-0.1, -0.05) is 17.7 Å². The van der Waals surface area contributed by atoms with Gasteiger partial charge >= 0.3 is 0 Å². The molecular formula is C17H19ClN6. The van der Waals surface area contributed by atoms with Crippen molar-refractivity contribution in [1.29, 1.82) is 0 Å². The van der Waals surface area contributed by atoms with Gasteiger partial charge in [-0.2, -0.15) is 0 Å². The summed E-state index contributed by atoms with van der Waals surface area (Å²) in [5, 5.41) is 3.92. The monoisotopic (exact) mass is 342 g/mol. The Morgan fingerprint density at radius 1 is 1.12 bits per heavy atom. The normalized spacial score (nSPS) is 21.1. The van der Waals surface area contributed by atoms with Gasteiger partial charge in [-0.05, 0) is 37.8 Å². The van der Waals surface area contributed by atoms with E-state index in [1.807, 2.05) is 28.8 Å². The van der Waals surface area contributed by atoms with Crippen LogP contribution < -0.4 is 11.1 Å². The van der Waals surface area contributed by atoms with Crippen LogP contribution in [-0.2, 0) is 0 Å². The minimum absolute atomic E-state index is 0.322. The molecule has 1 aliphatic carbocycles. The maximum absolute atomic E-state index is 6.34. The lowest BCUT2D eigenvalue weighted by atomic mass is 9.92. The Hall–Kier alpha value is -2.18. The molecule has 4 rings (SSSR count). The lowest BCUT2D eigenvalue weighted by Gasteiger charge is -2.26. The molecule has 0 unspecified atom stereocenters. The average molecular weight is 343 g/mol. The van der Waals surface area contributed by atoms with Crippen molar-refractivity contribution in [3.05, 3.63) is 41.8 Å². The predicted molar refractivity (Wildman–Crippen MR) is 95.1 cm³/mol. The number of nitrogens with two attached hydrogens (primary N) is 1. The largest absolute Gasteiger partial charge is 0.351 e. The van der Waals surface area contributed by atoms with Gasteiger partial charge in [-0.15, -0.1) is 0 Å². The van der Waals surface area contributed by atoms with Crippen LogP contribution in [0.1, 0.15) is 25.7 Å². The fourth-order valence-electron chi connectivity index (χ4n) is 3.17. The first kappa shape index (κ1) is 15.4. The molecule has 3 N–H and O–H groups in total. The second kappa shape index (κ2) is 6.37. The van der Waals surface area contributed by atoms with Crippen molar-refractivity contribution < 1.29 is 0 Å². The van der Waals surface area contributed by atoms with Crippen molar-refractivity contribution in [2.75, 3.05) is 5.32 Å². The van der Waals surface area contributed by atoms with E-state index in [1.54, 1.807) is 12.4 Å². The van der Waals surface area contributed by atoms with Crippen molar-refractivity contribution in [2.24, 2.45) is 5.73 Å². The number of hydrogen-bond donors (Lipinski definition) is 2. The molecule has 3 aromatic heterocycles. The number of hydrogen-bond acceptors (Lipinski definition) is 5. The van der Waals surface area contributed by atoms with Gasteiger partial charge < -0.3 is 11.1 Å². The summed E-state index contributed by atoms with van der Waals surface area (Å²) in [5.41, 5.74) is 8.36. The van der Waals surface area contributed by atoms with Crippen molar-refractivity contribution in [3.8, 4) is 11.4 Å². The molecule has 0 radical (unpaired) electrons. The van der Waals surface area contributed by atoms with Crippen LogP contribution in [0.25, 0.3) is 17.0 Å². The van der Waals surface area contributed by atoms with Gasteiger partial charge in [-0.25, -0.2) is 15.0 Å². The molecule has 7 heteroatoms. The molecule has 1 fully saturated rings. The Bertz CT molecular complexity index is 853. The van der Waals surface area contributed by atoms with E-state index in [-0.39, 0.29) is 0 Å². The zero-order chi connectivity index (χ0) is 16.5. The Kier molecular flexibility index (Phi) is 4.08. The van der Waals surface area contributed by atoms with Crippen molar-refractivity contribution >= 4 is 23.2 Å². The summed E-state index contributed by atoms with van der Waals surface area (Å²) in [5.74, 6) is 0.598. The lowest BCUT2D eigenvalue weighted by molar-refractivity contribution is 0.410. The van der Waals surface area contributed by atoms with E-state index in [0.29, 0.717) is 28.7 Å². The third-order valence-corrected chi connectivity index (χ3v) is 4.79. The van der Waals surface area contributed by atoms with Crippen LogP contribution in [-0.4, -0.2) is 31.4 Å². The van der Waals surface area contributed by atoms with Gasteiger partial charge in [0.2, 0.25) is 5.95 Å². The number of nitrogens with zero attached hydrogens (tertiary/aromatic N) is 4. The highest BCUT2D eigenvalue weighted by Crippen LogP contribution is 2.28. The van der Waals surface area contributed by atoms with E-state index in [1.165, 1.54) is 0 Å². The summed E-state index contributed by atoms with van der Waals surface area (Å²) in [6.07, 6.45) is 9.52. The molecule has 3 heterocycles. The summed E-state index contributed by atoms with van der Waals surface area (Å²) in [7, 11) is 0. The first-order valence-electron chi connectivity index (χ1n) is 8.18. The highest BCUT2D eigenvalue weighted by atomic mass is 35.5. The maximum atomic E-state index is 6.34. The first-order valence-corrected chi connectivity index (χ1v) is 8.55. The van der Waals surface area contributed by atoms with E-state index in [4.69, 9.17) is 17.3 Å². The van der Waals surface area contributed by atoms with E-state index >= 15 is 0 Å². The fraction of sp³-hybridized carbons (Fsp3) is 0.353. The molecule has 124 valence electrons. The second-order valence-corrected chi connectivity index (χ2v) is 6.63. The quantitative estimate of drug-likeness (QED) is 0.764. The number of aromatic nitrogens is 4. The third kappa shape index (κ3) is 2.95. The SMILES string of the molecule is NC1CCC(Nc2ncc(Cl)c(-c3cnc4ccccn34)n2)CC1. The summed E-state index contributed by atoms with van der Waals surface area (Å²) >= 11 is 6.34. The number of rotatable bonds is 3. The number of anilines is 1. The van der Waals surface area contributed by atoms with Gasteiger partial charge in [-0.3, -0.25) is 4.40 Å². The van der Waals surface area contributed by atoms with E-state index in [9.17, 15) is 0 Å². The predicted octanol–water partition coefficient (Wildman–Crippen LogP) is 3.13. The topological polar surface area (TPSA) is 81.1 Å². The van der Waals surface area contributed by atoms with Crippen LogP contribution in [0, 0.1) is 0 Å². The molecule has 0 amide bonds. The first-order chi connectivity index (χ1) is 11.7. The molecular weight excluding hydrogens is 324 g/mol. The smallest absolute Gasteiger partial charge is 0.223 e.